The molecule has 13 heteroatoms. The van der Waals surface area contributed by atoms with Crippen LogP contribution in [0, 0.1) is 11.8 Å². The van der Waals surface area contributed by atoms with Gasteiger partial charge in [0.1, 0.15) is 35.9 Å². The Morgan fingerprint density at radius 1 is 0.961 bits per heavy atom. The number of esters is 1. The molecule has 0 saturated carbocycles. The van der Waals surface area contributed by atoms with Crippen molar-refractivity contribution in [1.29, 1.82) is 0 Å². The second-order valence-corrected chi connectivity index (χ2v) is 13.8. The van der Waals surface area contributed by atoms with E-state index < -0.39 is 47.7 Å². The normalized spacial score (nSPS) is 30.2. The van der Waals surface area contributed by atoms with Crippen molar-refractivity contribution in [3.63, 3.8) is 0 Å². The molecular weight excluding hydrogens is 652 g/mol. The number of hydrogen-bond donors (Lipinski definition) is 2. The van der Waals surface area contributed by atoms with Gasteiger partial charge in [0, 0.05) is 26.1 Å². The minimum absolute atomic E-state index is 0.0878. The summed E-state index contributed by atoms with van der Waals surface area (Å²) >= 11 is 0. The predicted octanol–water partition coefficient (Wildman–Crippen LogP) is 3.06. The monoisotopic (exact) mass is 696 g/mol. The standard InChI is InChI=1S/C38H44N6O7/c1-25-33(26-14-5-4-6-15-26)50-37(49)31-29(18-9-10-19-30(46)39-25)51-38-20-13-21-42(24-44-28-17-8-7-16-27(28)40-41-44)36(48)34(38)43(35(47)32(31)38)22-11-2-3-12-23-45/h4-9,13-18,20,25,29,31-34,45H,2-3,10-12,19,21-24H2,1H3,(H,39,46)/b18-9-/t25-,29-,31+,32+,33+,34-,38+/m1/s1. The maximum absolute atomic E-state index is 14.8. The first kappa shape index (κ1) is 34.6. The molecule has 51 heavy (non-hydrogen) atoms. The Hall–Kier alpha value is -4.88. The average Bonchev–Trinajstić information content (AvgIpc) is 3.72. The zero-order chi connectivity index (χ0) is 35.5. The molecule has 2 saturated heterocycles. The number of unbranched alkanes of at least 4 members (excludes halogenated alkanes) is 3. The molecule has 0 bridgehead atoms. The predicted molar refractivity (Wildman–Crippen MR) is 185 cm³/mol. The number of aliphatic hydroxyl groups excluding tert-OH is 1. The third-order valence-electron chi connectivity index (χ3n) is 10.5. The molecule has 13 nitrogen and oxygen atoms in total. The number of carbonyl (C=O) groups excluding carboxylic acids is 4. The highest BCUT2D eigenvalue weighted by atomic mass is 16.6. The van der Waals surface area contributed by atoms with Crippen LogP contribution in [0.5, 0.6) is 0 Å². The maximum Gasteiger partial charge on any atom is 0.313 e. The molecule has 0 unspecified atom stereocenters. The van der Waals surface area contributed by atoms with Gasteiger partial charge in [-0.1, -0.05) is 84.8 Å². The van der Waals surface area contributed by atoms with Gasteiger partial charge in [-0.25, -0.2) is 4.68 Å². The van der Waals surface area contributed by atoms with Gasteiger partial charge >= 0.3 is 5.97 Å². The molecule has 1 aromatic heterocycles. The molecule has 4 aliphatic heterocycles. The molecule has 0 radical (unpaired) electrons. The van der Waals surface area contributed by atoms with E-state index in [1.807, 2.05) is 60.7 Å². The van der Waals surface area contributed by atoms with Crippen LogP contribution in [0.4, 0.5) is 0 Å². The second-order valence-electron chi connectivity index (χ2n) is 13.8. The van der Waals surface area contributed by atoms with Crippen molar-refractivity contribution in [1.82, 2.24) is 30.1 Å². The topological polar surface area (TPSA) is 156 Å². The number of carbonyl (C=O) groups is 4. The van der Waals surface area contributed by atoms with Crippen molar-refractivity contribution in [3.05, 3.63) is 84.5 Å². The highest BCUT2D eigenvalue weighted by Crippen LogP contribution is 2.53. The van der Waals surface area contributed by atoms with Gasteiger partial charge in [0.25, 0.3) is 5.91 Å². The summed E-state index contributed by atoms with van der Waals surface area (Å²) < 4.78 is 14.8. The van der Waals surface area contributed by atoms with Gasteiger partial charge in [-0.05, 0) is 43.9 Å². The Kier molecular flexibility index (Phi) is 10.0. The number of amides is 3. The fourth-order valence-corrected chi connectivity index (χ4v) is 8.05. The summed E-state index contributed by atoms with van der Waals surface area (Å²) in [5.41, 5.74) is 0.732. The molecule has 1 spiro atoms. The maximum atomic E-state index is 14.8. The summed E-state index contributed by atoms with van der Waals surface area (Å²) in [4.78, 5) is 60.1. The molecule has 7 rings (SSSR count). The fraction of sp³-hybridized carbons (Fsp3) is 0.474. The number of ether oxygens (including phenoxy) is 2. The zero-order valence-corrected chi connectivity index (χ0v) is 28.7. The molecular formula is C38H44N6O7. The SMILES string of the molecule is C[C@H]1NC(=O)CC/C=C\[C@H]2O[C@]34C=CCN(Cn5nnc6ccccc65)C(=O)[C@H]3N(CCCCCCO)C(=O)[C@@H]4[C@H]2C(=O)O[C@@H]1c1ccccc1. The van der Waals surface area contributed by atoms with Gasteiger partial charge in [0.05, 0.1) is 23.6 Å². The summed E-state index contributed by atoms with van der Waals surface area (Å²) in [6, 6.07) is 15.1. The number of rotatable bonds is 9. The Morgan fingerprint density at radius 2 is 1.75 bits per heavy atom. The average molecular weight is 697 g/mol. The second kappa shape index (κ2) is 14.8. The Morgan fingerprint density at radius 3 is 2.57 bits per heavy atom. The number of aromatic nitrogens is 3. The van der Waals surface area contributed by atoms with E-state index >= 15 is 0 Å². The highest BCUT2D eigenvalue weighted by Gasteiger charge is 2.71. The van der Waals surface area contributed by atoms with Gasteiger partial charge < -0.3 is 29.7 Å². The van der Waals surface area contributed by atoms with Gasteiger partial charge in [0.2, 0.25) is 11.8 Å². The molecule has 4 aliphatic rings. The first-order valence-corrected chi connectivity index (χ1v) is 17.9. The van der Waals surface area contributed by atoms with Crippen molar-refractivity contribution in [2.45, 2.75) is 82.0 Å². The lowest BCUT2D eigenvalue weighted by Gasteiger charge is -2.35. The summed E-state index contributed by atoms with van der Waals surface area (Å²) in [7, 11) is 0. The van der Waals surface area contributed by atoms with Gasteiger partial charge in [-0.2, -0.15) is 0 Å². The van der Waals surface area contributed by atoms with Crippen LogP contribution in [0.2, 0.25) is 0 Å². The minimum atomic E-state index is -1.45. The summed E-state index contributed by atoms with van der Waals surface area (Å²) in [5, 5.41) is 20.8. The number of para-hydroxylation sites is 1. The molecule has 3 aromatic rings. The van der Waals surface area contributed by atoms with E-state index in [-0.39, 0.29) is 50.5 Å². The molecule has 2 N–H and O–H groups in total. The van der Waals surface area contributed by atoms with Crippen LogP contribution >= 0.6 is 0 Å². The van der Waals surface area contributed by atoms with Crippen molar-refractivity contribution >= 4 is 34.7 Å². The van der Waals surface area contributed by atoms with Gasteiger partial charge in [-0.15, -0.1) is 5.10 Å². The van der Waals surface area contributed by atoms with E-state index in [1.165, 1.54) is 0 Å². The first-order chi connectivity index (χ1) is 24.8. The van der Waals surface area contributed by atoms with Crippen LogP contribution in [-0.2, 0) is 35.3 Å². The molecule has 2 aromatic carbocycles. The molecule has 7 atom stereocenters. The Labute approximate surface area is 296 Å². The van der Waals surface area contributed by atoms with Crippen LogP contribution in [0.1, 0.15) is 57.1 Å². The number of likely N-dealkylation sites (tertiary alicyclic amines) is 1. The number of fused-ring (bicyclic) bond motifs is 3. The highest BCUT2D eigenvalue weighted by molar-refractivity contribution is 5.99. The quantitative estimate of drug-likeness (QED) is 0.195. The van der Waals surface area contributed by atoms with Crippen LogP contribution < -0.4 is 5.32 Å². The number of nitrogens with zero attached hydrogens (tertiary/aromatic N) is 5. The molecule has 268 valence electrons. The summed E-state index contributed by atoms with van der Waals surface area (Å²) in [6.07, 6.45) is 8.90. The van der Waals surface area contributed by atoms with Crippen LogP contribution in [0.15, 0.2) is 78.9 Å². The number of hydrogen-bond acceptors (Lipinski definition) is 9. The van der Waals surface area contributed by atoms with E-state index in [9.17, 15) is 24.3 Å². The van der Waals surface area contributed by atoms with E-state index in [0.29, 0.717) is 30.3 Å². The van der Waals surface area contributed by atoms with Crippen molar-refractivity contribution in [2.24, 2.45) is 11.8 Å². The largest absolute Gasteiger partial charge is 0.455 e. The van der Waals surface area contributed by atoms with Gasteiger partial charge in [0.15, 0.2) is 0 Å². The van der Waals surface area contributed by atoms with E-state index in [0.717, 1.165) is 18.4 Å². The summed E-state index contributed by atoms with van der Waals surface area (Å²) in [5.74, 6) is -3.53. The minimum Gasteiger partial charge on any atom is -0.455 e. The molecule has 5 heterocycles. The van der Waals surface area contributed by atoms with Crippen molar-refractivity contribution < 1.29 is 33.8 Å². The number of nitrogens with one attached hydrogen (secondary N) is 1. The molecule has 0 aliphatic carbocycles. The Balaban J connectivity index is 1.26. The lowest BCUT2D eigenvalue weighted by atomic mass is 9.77. The third kappa shape index (κ3) is 6.56. The van der Waals surface area contributed by atoms with Crippen molar-refractivity contribution in [3.8, 4) is 0 Å². The number of aliphatic hydroxyl groups is 1. The fourth-order valence-electron chi connectivity index (χ4n) is 8.05. The van der Waals surface area contributed by atoms with E-state index in [4.69, 9.17) is 9.47 Å². The zero-order valence-electron chi connectivity index (χ0n) is 28.7. The third-order valence-corrected chi connectivity index (χ3v) is 10.5. The lowest BCUT2D eigenvalue weighted by Crippen LogP contribution is -2.55. The number of benzene rings is 2. The summed E-state index contributed by atoms with van der Waals surface area (Å²) in [6.45, 7) is 2.50. The van der Waals surface area contributed by atoms with Crippen LogP contribution in [-0.4, -0.2) is 97.1 Å². The first-order valence-electron chi connectivity index (χ1n) is 17.9. The van der Waals surface area contributed by atoms with Crippen molar-refractivity contribution in [2.75, 3.05) is 19.7 Å². The number of allylic oxidation sites excluding steroid dienone is 1. The lowest BCUT2D eigenvalue weighted by molar-refractivity contribution is -0.161. The molecule has 2 fully saturated rings. The smallest absolute Gasteiger partial charge is 0.313 e. The molecule has 3 amide bonds. The van der Waals surface area contributed by atoms with E-state index in [2.05, 4.69) is 15.6 Å². The van der Waals surface area contributed by atoms with Crippen LogP contribution in [0.25, 0.3) is 11.0 Å². The Bertz CT molecular complexity index is 1830. The van der Waals surface area contributed by atoms with Crippen LogP contribution in [0.3, 0.4) is 0 Å². The van der Waals surface area contributed by atoms with Gasteiger partial charge in [-0.3, -0.25) is 19.2 Å². The number of cyclic esters (lactones) is 1. The van der Waals surface area contributed by atoms with E-state index in [1.54, 1.807) is 39.6 Å².